The highest BCUT2D eigenvalue weighted by Gasteiger charge is 2.36. The number of allylic oxidation sites excluding steroid dienone is 1. The van der Waals surface area contributed by atoms with Crippen molar-refractivity contribution in [2.75, 3.05) is 4.90 Å². The average Bonchev–Trinajstić information content (AvgIpc) is 3.28. The lowest BCUT2D eigenvalue weighted by atomic mass is 9.82. The van der Waals surface area contributed by atoms with E-state index in [4.69, 9.17) is 0 Å². The van der Waals surface area contributed by atoms with Crippen LogP contribution in [0.3, 0.4) is 0 Å². The maximum Gasteiger partial charge on any atom is 0.213 e. The molecule has 0 saturated carbocycles. The van der Waals surface area contributed by atoms with Gasteiger partial charge in [-0.15, -0.1) is 0 Å². The van der Waals surface area contributed by atoms with E-state index in [2.05, 4.69) is 176 Å². The molecule has 2 aromatic heterocycles. The van der Waals surface area contributed by atoms with Crippen molar-refractivity contribution >= 4 is 22.6 Å². The fourth-order valence-electron chi connectivity index (χ4n) is 7.64. The first-order valence-corrected chi connectivity index (χ1v) is 15.7. The molecule has 3 heterocycles. The maximum absolute atomic E-state index is 4.64. The molecule has 6 aromatic rings. The number of nitrogens with zero attached hydrogens (tertiary/aromatic N) is 3. The standard InChI is InChI=1S/C42H37N3/c1-28-27-44-25-11-9-19-39(44)34-16-13-21-40(41(28)34)45(37-20-12-15-31(29(37)2)38-18-8-10-24-43(38)5)30-22-23-33-32-14-6-7-17-35(32)42(3,4)36(33)26-30/h6-26H,1,27H2,2-5H3/q+2. The van der Waals surface area contributed by atoms with Crippen LogP contribution in [0, 0.1) is 6.92 Å². The Balaban J connectivity index is 1.40. The van der Waals surface area contributed by atoms with Crippen molar-refractivity contribution in [2.45, 2.75) is 32.7 Å². The molecule has 0 atom stereocenters. The predicted octanol–water partition coefficient (Wildman–Crippen LogP) is 9.24. The highest BCUT2D eigenvalue weighted by Crippen LogP contribution is 2.52. The van der Waals surface area contributed by atoms with Crippen LogP contribution in [0.4, 0.5) is 17.1 Å². The van der Waals surface area contributed by atoms with Gasteiger partial charge >= 0.3 is 0 Å². The molecule has 0 unspecified atom stereocenters. The summed E-state index contributed by atoms with van der Waals surface area (Å²) in [7, 11) is 2.12. The fraction of sp³-hybridized carbons (Fsp3) is 0.143. The van der Waals surface area contributed by atoms with Crippen molar-refractivity contribution < 1.29 is 9.13 Å². The second-order valence-electron chi connectivity index (χ2n) is 12.9. The summed E-state index contributed by atoms with van der Waals surface area (Å²) < 4.78 is 4.50. The lowest BCUT2D eigenvalue weighted by Crippen LogP contribution is -2.39. The van der Waals surface area contributed by atoms with Gasteiger partial charge in [0, 0.05) is 52.2 Å². The highest BCUT2D eigenvalue weighted by atomic mass is 15.2. The molecule has 2 aliphatic rings. The van der Waals surface area contributed by atoms with Gasteiger partial charge in [-0.1, -0.05) is 62.9 Å². The topological polar surface area (TPSA) is 11.0 Å². The normalized spacial score (nSPS) is 13.9. The first-order chi connectivity index (χ1) is 21.8. The zero-order valence-corrected chi connectivity index (χ0v) is 26.4. The van der Waals surface area contributed by atoms with Gasteiger partial charge in [-0.2, -0.15) is 4.57 Å². The first-order valence-electron chi connectivity index (χ1n) is 15.7. The molecule has 218 valence electrons. The van der Waals surface area contributed by atoms with Crippen LogP contribution in [0.5, 0.6) is 0 Å². The molecule has 0 amide bonds. The molecule has 8 rings (SSSR count). The first kappa shape index (κ1) is 27.3. The third-order valence-electron chi connectivity index (χ3n) is 9.92. The van der Waals surface area contributed by atoms with Gasteiger partial charge in [-0.25, -0.2) is 4.57 Å². The molecule has 0 fully saturated rings. The molecule has 1 aliphatic carbocycles. The number of hydrogen-bond acceptors (Lipinski definition) is 1. The molecule has 0 spiro atoms. The third-order valence-corrected chi connectivity index (χ3v) is 9.92. The Morgan fingerprint density at radius 2 is 1.31 bits per heavy atom. The zero-order valence-electron chi connectivity index (χ0n) is 26.4. The summed E-state index contributed by atoms with van der Waals surface area (Å²) in [5.41, 5.74) is 17.2. The molecule has 1 aliphatic heterocycles. The second-order valence-corrected chi connectivity index (χ2v) is 12.9. The van der Waals surface area contributed by atoms with Gasteiger partial charge in [0.2, 0.25) is 11.4 Å². The molecule has 3 nitrogen and oxygen atoms in total. The maximum atomic E-state index is 4.64. The molecule has 4 aromatic carbocycles. The summed E-state index contributed by atoms with van der Waals surface area (Å²) in [4.78, 5) is 2.48. The smallest absolute Gasteiger partial charge is 0.213 e. The molecular weight excluding hydrogens is 546 g/mol. The van der Waals surface area contributed by atoms with Crippen molar-refractivity contribution in [3.05, 3.63) is 156 Å². The van der Waals surface area contributed by atoms with Crippen LogP contribution >= 0.6 is 0 Å². The second kappa shape index (κ2) is 10.1. The summed E-state index contributed by atoms with van der Waals surface area (Å²) in [6, 6.07) is 42.2. The number of aryl methyl sites for hydroxylation is 1. The van der Waals surface area contributed by atoms with Crippen LogP contribution in [0.2, 0.25) is 0 Å². The monoisotopic (exact) mass is 583 g/mol. The van der Waals surface area contributed by atoms with E-state index in [1.54, 1.807) is 0 Å². The largest absolute Gasteiger partial charge is 0.310 e. The van der Waals surface area contributed by atoms with Crippen LogP contribution in [0.1, 0.15) is 36.1 Å². The molecule has 3 heteroatoms. The van der Waals surface area contributed by atoms with E-state index in [1.807, 2.05) is 0 Å². The number of fused-ring (bicyclic) bond motifs is 6. The fourth-order valence-corrected chi connectivity index (χ4v) is 7.64. The number of aromatic nitrogens is 2. The van der Waals surface area contributed by atoms with Crippen molar-refractivity contribution in [1.29, 1.82) is 0 Å². The quantitative estimate of drug-likeness (QED) is 0.188. The Labute approximate surface area is 266 Å². The molecule has 0 bridgehead atoms. The lowest BCUT2D eigenvalue weighted by molar-refractivity contribution is -0.674. The van der Waals surface area contributed by atoms with Gasteiger partial charge in [0.1, 0.15) is 7.05 Å². The van der Waals surface area contributed by atoms with Crippen molar-refractivity contribution in [3.63, 3.8) is 0 Å². The zero-order chi connectivity index (χ0) is 30.9. The van der Waals surface area contributed by atoms with E-state index in [1.165, 1.54) is 55.9 Å². The molecular formula is C42H37N3+2. The summed E-state index contributed by atoms with van der Waals surface area (Å²) in [6.45, 7) is 12.4. The number of pyridine rings is 2. The summed E-state index contributed by atoms with van der Waals surface area (Å²) in [6.07, 6.45) is 4.27. The Morgan fingerprint density at radius 1 is 0.644 bits per heavy atom. The number of hydrogen-bond donors (Lipinski definition) is 0. The minimum absolute atomic E-state index is 0.0996. The van der Waals surface area contributed by atoms with Gasteiger partial charge < -0.3 is 4.90 Å². The third kappa shape index (κ3) is 4.11. The van der Waals surface area contributed by atoms with E-state index >= 15 is 0 Å². The number of benzene rings is 4. The molecule has 45 heavy (non-hydrogen) atoms. The van der Waals surface area contributed by atoms with E-state index < -0.39 is 0 Å². The van der Waals surface area contributed by atoms with Crippen molar-refractivity contribution in [2.24, 2.45) is 7.05 Å². The van der Waals surface area contributed by atoms with Crippen molar-refractivity contribution in [3.8, 4) is 33.6 Å². The van der Waals surface area contributed by atoms with Crippen LogP contribution in [-0.4, -0.2) is 0 Å². The lowest BCUT2D eigenvalue weighted by Gasteiger charge is -2.32. The van der Waals surface area contributed by atoms with Crippen LogP contribution in [-0.2, 0) is 19.0 Å². The van der Waals surface area contributed by atoms with Crippen LogP contribution in [0.15, 0.2) is 134 Å². The Kier molecular flexibility index (Phi) is 6.15. The summed E-state index contributed by atoms with van der Waals surface area (Å²) in [5, 5.41) is 0. The molecule has 0 radical (unpaired) electrons. The Hall–Kier alpha value is -5.28. The van der Waals surface area contributed by atoms with E-state index in [0.717, 1.165) is 29.2 Å². The van der Waals surface area contributed by atoms with Crippen LogP contribution in [0.25, 0.3) is 39.2 Å². The predicted molar refractivity (Wildman–Crippen MR) is 185 cm³/mol. The minimum atomic E-state index is -0.0996. The molecule has 0 saturated heterocycles. The SMILES string of the molecule is C=C1C[n+]2ccccc2-c2cccc(N(c3ccc4c(c3)C(C)(C)c3ccccc3-4)c3cccc(-c4cccc[n+]4C)c3C)c21. The van der Waals surface area contributed by atoms with Gasteiger partial charge in [-0.3, -0.25) is 0 Å². The van der Waals surface area contributed by atoms with Gasteiger partial charge in [-0.05, 0) is 83.3 Å². The Bertz CT molecular complexity index is 2170. The average molecular weight is 584 g/mol. The van der Waals surface area contributed by atoms with Gasteiger partial charge in [0.15, 0.2) is 18.9 Å². The summed E-state index contributed by atoms with van der Waals surface area (Å²) in [5.74, 6) is 0. The minimum Gasteiger partial charge on any atom is -0.310 e. The van der Waals surface area contributed by atoms with E-state index in [-0.39, 0.29) is 5.41 Å². The van der Waals surface area contributed by atoms with Crippen molar-refractivity contribution in [1.82, 2.24) is 0 Å². The number of anilines is 3. The summed E-state index contributed by atoms with van der Waals surface area (Å²) >= 11 is 0. The molecule has 0 N–H and O–H groups in total. The highest BCUT2D eigenvalue weighted by molar-refractivity contribution is 5.95. The van der Waals surface area contributed by atoms with E-state index in [0.29, 0.717) is 0 Å². The van der Waals surface area contributed by atoms with E-state index in [9.17, 15) is 0 Å². The Morgan fingerprint density at radius 3 is 2.13 bits per heavy atom. The van der Waals surface area contributed by atoms with Crippen LogP contribution < -0.4 is 14.0 Å². The van der Waals surface area contributed by atoms with Gasteiger partial charge in [0.05, 0.1) is 16.8 Å². The number of rotatable bonds is 4. The van der Waals surface area contributed by atoms with Gasteiger partial charge in [0.25, 0.3) is 0 Å².